The summed E-state index contributed by atoms with van der Waals surface area (Å²) in [5.41, 5.74) is 0.395. The van der Waals surface area contributed by atoms with Gasteiger partial charge in [0.05, 0.1) is 11.0 Å². The number of hydrogen-bond acceptors (Lipinski definition) is 3. The number of ketones is 1. The van der Waals surface area contributed by atoms with Gasteiger partial charge >= 0.3 is 5.97 Å². The van der Waals surface area contributed by atoms with E-state index in [1.54, 1.807) is 0 Å². The molecule has 4 nitrogen and oxygen atoms in total. The Morgan fingerprint density at radius 1 is 1.04 bits per heavy atom. The first kappa shape index (κ1) is 20.1. The van der Waals surface area contributed by atoms with E-state index in [9.17, 15) is 9.59 Å². The van der Waals surface area contributed by atoms with Gasteiger partial charge in [-0.2, -0.15) is 0 Å². The molecule has 2 N–H and O–H groups in total. The van der Waals surface area contributed by atoms with E-state index in [-0.39, 0.29) is 0 Å². The second-order valence-electron chi connectivity index (χ2n) is 4.26. The van der Waals surface area contributed by atoms with Crippen LogP contribution in [0.5, 0.6) is 0 Å². The molecule has 0 amide bonds. The van der Waals surface area contributed by atoms with Gasteiger partial charge in [0.15, 0.2) is 5.78 Å². The van der Waals surface area contributed by atoms with Crippen LogP contribution in [0.25, 0.3) is 0 Å². The molecule has 0 aliphatic rings. The van der Waals surface area contributed by atoms with Crippen molar-refractivity contribution in [3.05, 3.63) is 57.8 Å². The highest BCUT2D eigenvalue weighted by atomic mass is 35.6. The molecule has 0 heterocycles. The summed E-state index contributed by atoms with van der Waals surface area (Å²) in [4.78, 5) is 22.8. The van der Waals surface area contributed by atoms with Gasteiger partial charge < -0.3 is 10.2 Å². The molecule has 0 aliphatic carbocycles. The Hall–Kier alpha value is -0.910. The average Bonchev–Trinajstić information content (AvgIpc) is 2.44. The lowest BCUT2D eigenvalue weighted by Crippen LogP contribution is -2.24. The molecule has 1 atom stereocenters. The van der Waals surface area contributed by atoms with E-state index in [1.165, 1.54) is 24.3 Å². The number of aliphatic carboxylic acids is 1. The molecule has 23 heavy (non-hydrogen) atoms. The van der Waals surface area contributed by atoms with Crippen molar-refractivity contribution in [1.29, 1.82) is 0 Å². The SMILES string of the molecule is O=C(O)C(O)=C(Cl)C=CC(=O)C(c1ccc(Cl)cc1)C(Cl)(Cl)Cl. The number of aliphatic hydroxyl groups is 1. The zero-order chi connectivity index (χ0) is 17.8. The minimum Gasteiger partial charge on any atom is -0.501 e. The summed E-state index contributed by atoms with van der Waals surface area (Å²) < 4.78 is -1.96. The van der Waals surface area contributed by atoms with Crippen LogP contribution in [0.1, 0.15) is 11.5 Å². The molecule has 1 aromatic rings. The summed E-state index contributed by atoms with van der Waals surface area (Å²) in [6, 6.07) is 6.10. The van der Waals surface area contributed by atoms with Crippen molar-refractivity contribution in [1.82, 2.24) is 0 Å². The number of aliphatic hydroxyl groups excluding tert-OH is 1. The highest BCUT2D eigenvalue weighted by molar-refractivity contribution is 6.69. The van der Waals surface area contributed by atoms with Crippen LogP contribution in [0.2, 0.25) is 5.02 Å². The van der Waals surface area contributed by atoms with Gasteiger partial charge in [0.25, 0.3) is 0 Å². The zero-order valence-corrected chi connectivity index (χ0v) is 14.9. The number of halogens is 5. The van der Waals surface area contributed by atoms with Crippen molar-refractivity contribution >= 4 is 69.8 Å². The van der Waals surface area contributed by atoms with Crippen molar-refractivity contribution < 1.29 is 19.8 Å². The number of allylic oxidation sites excluding steroid dienone is 3. The molecule has 0 saturated carbocycles. The maximum atomic E-state index is 12.3. The topological polar surface area (TPSA) is 74.6 Å². The van der Waals surface area contributed by atoms with Crippen molar-refractivity contribution in [2.45, 2.75) is 9.71 Å². The predicted octanol–water partition coefficient (Wildman–Crippen LogP) is 5.01. The van der Waals surface area contributed by atoms with Gasteiger partial charge in [-0.3, -0.25) is 4.79 Å². The van der Waals surface area contributed by atoms with Crippen LogP contribution in [0.4, 0.5) is 0 Å². The van der Waals surface area contributed by atoms with Gasteiger partial charge in [-0.25, -0.2) is 4.79 Å². The molecule has 1 rings (SSSR count). The van der Waals surface area contributed by atoms with Gasteiger partial charge in [-0.15, -0.1) is 0 Å². The molecule has 0 aliphatic heterocycles. The third kappa shape index (κ3) is 5.90. The fourth-order valence-electron chi connectivity index (χ4n) is 1.60. The maximum Gasteiger partial charge on any atom is 0.372 e. The fraction of sp³-hybridized carbons (Fsp3) is 0.143. The lowest BCUT2D eigenvalue weighted by atomic mass is 9.95. The highest BCUT2D eigenvalue weighted by Crippen LogP contribution is 2.42. The Kier molecular flexibility index (Phi) is 7.24. The Balaban J connectivity index is 3.15. The number of carbonyl (C=O) groups is 2. The second kappa shape index (κ2) is 8.27. The van der Waals surface area contributed by atoms with E-state index in [1.807, 2.05) is 0 Å². The van der Waals surface area contributed by atoms with Crippen LogP contribution < -0.4 is 0 Å². The molecule has 1 aromatic carbocycles. The quantitative estimate of drug-likeness (QED) is 0.305. The summed E-state index contributed by atoms with van der Waals surface area (Å²) in [6.07, 6.45) is 1.83. The average molecular weight is 418 g/mol. The molecule has 0 aromatic heterocycles. The summed E-state index contributed by atoms with van der Waals surface area (Å²) in [5.74, 6) is -4.56. The van der Waals surface area contributed by atoms with Crippen LogP contribution >= 0.6 is 58.0 Å². The Morgan fingerprint density at radius 2 is 1.57 bits per heavy atom. The van der Waals surface area contributed by atoms with E-state index in [0.717, 1.165) is 12.2 Å². The first-order valence-electron chi connectivity index (χ1n) is 5.90. The molecule has 0 fully saturated rings. The van der Waals surface area contributed by atoms with Crippen molar-refractivity contribution in [3.8, 4) is 0 Å². The minimum absolute atomic E-state index is 0.395. The number of benzene rings is 1. The predicted molar refractivity (Wildman–Crippen MR) is 91.8 cm³/mol. The van der Waals surface area contributed by atoms with Gasteiger partial charge in [0.1, 0.15) is 0 Å². The van der Waals surface area contributed by atoms with E-state index < -0.39 is 32.3 Å². The Labute approximate surface area is 156 Å². The largest absolute Gasteiger partial charge is 0.501 e. The fourth-order valence-corrected chi connectivity index (χ4v) is 2.57. The lowest BCUT2D eigenvalue weighted by molar-refractivity contribution is -0.135. The summed E-state index contributed by atoms with van der Waals surface area (Å²) in [7, 11) is 0. The normalized spacial score (nSPS) is 14.5. The van der Waals surface area contributed by atoms with Gasteiger partial charge in [0.2, 0.25) is 9.55 Å². The molecular formula is C14H9Cl5O4. The van der Waals surface area contributed by atoms with E-state index in [0.29, 0.717) is 10.6 Å². The number of rotatable bonds is 5. The monoisotopic (exact) mass is 416 g/mol. The smallest absolute Gasteiger partial charge is 0.372 e. The zero-order valence-electron chi connectivity index (χ0n) is 11.1. The molecule has 0 radical (unpaired) electrons. The number of carboxylic acids is 1. The Morgan fingerprint density at radius 3 is 2.00 bits per heavy atom. The van der Waals surface area contributed by atoms with Crippen LogP contribution in [0, 0.1) is 0 Å². The van der Waals surface area contributed by atoms with Crippen molar-refractivity contribution in [2.24, 2.45) is 0 Å². The third-order valence-electron chi connectivity index (χ3n) is 2.64. The lowest BCUT2D eigenvalue weighted by Gasteiger charge is -2.22. The maximum absolute atomic E-state index is 12.3. The number of carboxylic acid groups (broad SMARTS) is 1. The molecule has 1 unspecified atom stereocenters. The third-order valence-corrected chi connectivity index (χ3v) is 3.85. The van der Waals surface area contributed by atoms with E-state index in [2.05, 4.69) is 0 Å². The molecular weight excluding hydrogens is 409 g/mol. The summed E-state index contributed by atoms with van der Waals surface area (Å²) in [6.45, 7) is 0. The standard InChI is InChI=1S/C14H9Cl5O4/c15-8-3-1-7(2-4-8)11(14(17,18)19)10(20)6-5-9(16)12(21)13(22)23/h1-6,11,21H,(H,22,23). The van der Waals surface area contributed by atoms with E-state index >= 15 is 0 Å². The van der Waals surface area contributed by atoms with Crippen LogP contribution in [0.15, 0.2) is 47.2 Å². The van der Waals surface area contributed by atoms with Gasteiger partial charge in [-0.05, 0) is 29.8 Å². The number of alkyl halides is 3. The van der Waals surface area contributed by atoms with Crippen molar-refractivity contribution in [2.75, 3.05) is 0 Å². The molecule has 0 saturated heterocycles. The molecule has 0 bridgehead atoms. The molecule has 9 heteroatoms. The molecule has 0 spiro atoms. The van der Waals surface area contributed by atoms with Gasteiger partial charge in [0, 0.05) is 5.02 Å². The number of hydrogen-bond donors (Lipinski definition) is 2. The number of carbonyl (C=O) groups excluding carboxylic acids is 1. The van der Waals surface area contributed by atoms with E-state index in [4.69, 9.17) is 68.2 Å². The molecule has 124 valence electrons. The summed E-state index contributed by atoms with van der Waals surface area (Å²) in [5, 5.41) is 17.6. The first-order chi connectivity index (χ1) is 10.5. The second-order valence-corrected chi connectivity index (χ2v) is 7.48. The highest BCUT2D eigenvalue weighted by Gasteiger charge is 2.38. The van der Waals surface area contributed by atoms with Crippen molar-refractivity contribution in [3.63, 3.8) is 0 Å². The summed E-state index contributed by atoms with van der Waals surface area (Å²) >= 11 is 28.9. The van der Waals surface area contributed by atoms with Crippen LogP contribution in [-0.4, -0.2) is 25.8 Å². The Bertz CT molecular complexity index is 659. The first-order valence-corrected chi connectivity index (χ1v) is 7.79. The minimum atomic E-state index is -1.96. The van der Waals surface area contributed by atoms with Crippen LogP contribution in [0.3, 0.4) is 0 Å². The van der Waals surface area contributed by atoms with Gasteiger partial charge in [-0.1, -0.05) is 70.1 Å². The van der Waals surface area contributed by atoms with Crippen LogP contribution in [-0.2, 0) is 9.59 Å².